The molecule has 0 aliphatic carbocycles. The highest BCUT2D eigenvalue weighted by Crippen LogP contribution is 2.12. The summed E-state index contributed by atoms with van der Waals surface area (Å²) in [4.78, 5) is 28.5. The van der Waals surface area contributed by atoms with Crippen LogP contribution in [0.4, 0.5) is 17.3 Å². The third kappa shape index (κ3) is 2.46. The molecule has 2 rings (SSSR count). The summed E-state index contributed by atoms with van der Waals surface area (Å²) in [5.74, 6) is -0.235. The molecule has 92 valence electrons. The molecular weight excluding hydrogens is 234 g/mol. The summed E-state index contributed by atoms with van der Waals surface area (Å²) in [6, 6.07) is 6.44. The summed E-state index contributed by atoms with van der Waals surface area (Å²) in [5.41, 5.74) is 11.2. The molecule has 7 nitrogen and oxygen atoms in total. The topological polar surface area (TPSA) is 127 Å². The van der Waals surface area contributed by atoms with Crippen molar-refractivity contribution in [2.75, 3.05) is 11.1 Å². The number of hydrogen-bond donors (Lipinski definition) is 4. The number of nitrogens with one attached hydrogen (secondary N) is 2. The van der Waals surface area contributed by atoms with Gasteiger partial charge < -0.3 is 16.8 Å². The Bertz CT molecular complexity index is 633. The van der Waals surface area contributed by atoms with Gasteiger partial charge in [-0.15, -0.1) is 0 Å². The maximum absolute atomic E-state index is 11.3. The summed E-state index contributed by atoms with van der Waals surface area (Å²) < 4.78 is 0. The Morgan fingerprint density at radius 1 is 1.28 bits per heavy atom. The van der Waals surface area contributed by atoms with Gasteiger partial charge in [0.2, 0.25) is 11.9 Å². The van der Waals surface area contributed by atoms with Crippen molar-refractivity contribution in [1.29, 1.82) is 0 Å². The van der Waals surface area contributed by atoms with Crippen LogP contribution in [0, 0.1) is 0 Å². The van der Waals surface area contributed by atoms with Gasteiger partial charge in [0, 0.05) is 11.3 Å². The second-order valence-corrected chi connectivity index (χ2v) is 3.58. The van der Waals surface area contributed by atoms with E-state index < -0.39 is 11.5 Å². The highest BCUT2D eigenvalue weighted by Gasteiger charge is 2.02. The molecule has 0 fully saturated rings. The van der Waals surface area contributed by atoms with Crippen LogP contribution in [0.1, 0.15) is 10.4 Å². The fourth-order valence-electron chi connectivity index (χ4n) is 1.32. The third-order valence-corrected chi connectivity index (χ3v) is 2.26. The van der Waals surface area contributed by atoms with Crippen molar-refractivity contribution in [3.8, 4) is 0 Å². The van der Waals surface area contributed by atoms with Gasteiger partial charge in [-0.3, -0.25) is 14.6 Å². The van der Waals surface area contributed by atoms with Crippen LogP contribution in [-0.2, 0) is 0 Å². The highest BCUT2D eigenvalue weighted by molar-refractivity contribution is 5.93. The van der Waals surface area contributed by atoms with Gasteiger partial charge in [-0.05, 0) is 24.3 Å². The van der Waals surface area contributed by atoms with E-state index in [0.29, 0.717) is 11.3 Å². The average Bonchev–Trinajstić information content (AvgIpc) is 2.34. The molecule has 0 aliphatic heterocycles. The number of carbonyl (C=O) groups excluding carboxylic acids is 1. The lowest BCUT2D eigenvalue weighted by atomic mass is 10.2. The van der Waals surface area contributed by atoms with E-state index in [0.717, 1.165) is 0 Å². The largest absolute Gasteiger partial charge is 0.393 e. The van der Waals surface area contributed by atoms with Crippen molar-refractivity contribution in [2.24, 2.45) is 5.73 Å². The van der Waals surface area contributed by atoms with E-state index in [-0.39, 0.29) is 11.6 Å². The molecule has 0 saturated heterocycles. The molecule has 0 spiro atoms. The Labute approximate surface area is 102 Å². The molecule has 6 N–H and O–H groups in total. The second-order valence-electron chi connectivity index (χ2n) is 3.58. The third-order valence-electron chi connectivity index (χ3n) is 2.26. The van der Waals surface area contributed by atoms with Crippen molar-refractivity contribution in [3.63, 3.8) is 0 Å². The van der Waals surface area contributed by atoms with E-state index in [2.05, 4.69) is 15.3 Å². The van der Waals surface area contributed by atoms with E-state index in [1.54, 1.807) is 24.3 Å². The van der Waals surface area contributed by atoms with Crippen LogP contribution in [0.2, 0.25) is 0 Å². The summed E-state index contributed by atoms with van der Waals surface area (Å²) in [6.07, 6.45) is 1.26. The highest BCUT2D eigenvalue weighted by atomic mass is 16.1. The SMILES string of the molecule is NC(=O)c1ccc(Nc2ncc(N)c(=O)[nH]2)cc1. The summed E-state index contributed by atoms with van der Waals surface area (Å²) in [7, 11) is 0. The molecule has 1 amide bonds. The number of primary amides is 1. The van der Waals surface area contributed by atoms with Crippen molar-refractivity contribution in [2.45, 2.75) is 0 Å². The van der Waals surface area contributed by atoms with E-state index in [4.69, 9.17) is 11.5 Å². The number of anilines is 3. The first kappa shape index (κ1) is 11.6. The van der Waals surface area contributed by atoms with E-state index in [9.17, 15) is 9.59 Å². The molecule has 0 bridgehead atoms. The molecule has 1 heterocycles. The van der Waals surface area contributed by atoms with Gasteiger partial charge in [0.1, 0.15) is 5.69 Å². The van der Waals surface area contributed by atoms with E-state index in [1.807, 2.05) is 0 Å². The summed E-state index contributed by atoms with van der Waals surface area (Å²) in [6.45, 7) is 0. The zero-order valence-corrected chi connectivity index (χ0v) is 9.31. The number of rotatable bonds is 3. The van der Waals surface area contributed by atoms with Crippen LogP contribution in [0.15, 0.2) is 35.3 Å². The minimum absolute atomic E-state index is 0.0460. The van der Waals surface area contributed by atoms with Crippen molar-refractivity contribution >= 4 is 23.2 Å². The van der Waals surface area contributed by atoms with Crippen LogP contribution in [-0.4, -0.2) is 15.9 Å². The van der Waals surface area contributed by atoms with Crippen molar-refractivity contribution in [1.82, 2.24) is 9.97 Å². The Hall–Kier alpha value is -2.83. The number of carbonyl (C=O) groups is 1. The fourth-order valence-corrected chi connectivity index (χ4v) is 1.32. The smallest absolute Gasteiger partial charge is 0.275 e. The zero-order chi connectivity index (χ0) is 13.1. The van der Waals surface area contributed by atoms with Gasteiger partial charge in [0.05, 0.1) is 6.20 Å². The van der Waals surface area contributed by atoms with Gasteiger partial charge in [0.15, 0.2) is 0 Å². The number of amides is 1. The van der Waals surface area contributed by atoms with Gasteiger partial charge in [-0.2, -0.15) is 0 Å². The lowest BCUT2D eigenvalue weighted by Crippen LogP contribution is -2.14. The molecule has 18 heavy (non-hydrogen) atoms. The van der Waals surface area contributed by atoms with E-state index in [1.165, 1.54) is 6.20 Å². The molecule has 7 heteroatoms. The molecule has 0 atom stereocenters. The molecule has 0 aliphatic rings. The molecule has 1 aromatic heterocycles. The monoisotopic (exact) mass is 245 g/mol. The molecule has 0 saturated carbocycles. The minimum atomic E-state index is -0.499. The molecule has 2 aromatic rings. The minimum Gasteiger partial charge on any atom is -0.393 e. The van der Waals surface area contributed by atoms with Crippen molar-refractivity contribution < 1.29 is 4.79 Å². The van der Waals surface area contributed by atoms with Crippen LogP contribution in [0.25, 0.3) is 0 Å². The number of nitrogens with zero attached hydrogens (tertiary/aromatic N) is 1. The predicted octanol–water partition coefficient (Wildman–Crippen LogP) is 0.195. The van der Waals surface area contributed by atoms with Gasteiger partial charge in [-0.1, -0.05) is 0 Å². The Morgan fingerprint density at radius 2 is 1.94 bits per heavy atom. The number of aromatic amines is 1. The molecule has 0 radical (unpaired) electrons. The van der Waals surface area contributed by atoms with Crippen LogP contribution < -0.4 is 22.3 Å². The summed E-state index contributed by atoms with van der Waals surface area (Å²) in [5, 5.41) is 2.86. The van der Waals surface area contributed by atoms with Gasteiger partial charge in [0.25, 0.3) is 5.56 Å². The Morgan fingerprint density at radius 3 is 2.50 bits per heavy atom. The Kier molecular flexibility index (Phi) is 2.96. The molecule has 0 unspecified atom stereocenters. The number of hydrogen-bond acceptors (Lipinski definition) is 5. The van der Waals surface area contributed by atoms with Crippen LogP contribution in [0.5, 0.6) is 0 Å². The predicted molar refractivity (Wildman–Crippen MR) is 67.5 cm³/mol. The lowest BCUT2D eigenvalue weighted by molar-refractivity contribution is 0.100. The first-order valence-corrected chi connectivity index (χ1v) is 5.08. The first-order chi connectivity index (χ1) is 8.56. The van der Waals surface area contributed by atoms with Crippen molar-refractivity contribution in [3.05, 3.63) is 46.4 Å². The number of benzene rings is 1. The van der Waals surface area contributed by atoms with Crippen LogP contribution >= 0.6 is 0 Å². The lowest BCUT2D eigenvalue weighted by Gasteiger charge is -2.05. The van der Waals surface area contributed by atoms with E-state index >= 15 is 0 Å². The second kappa shape index (κ2) is 4.58. The normalized spacial score (nSPS) is 10.0. The Balaban J connectivity index is 2.20. The average molecular weight is 245 g/mol. The number of nitrogen functional groups attached to an aromatic ring is 1. The molecular formula is C11H11N5O2. The number of nitrogens with two attached hydrogens (primary N) is 2. The van der Waals surface area contributed by atoms with Crippen LogP contribution in [0.3, 0.4) is 0 Å². The quantitative estimate of drug-likeness (QED) is 0.614. The number of aromatic nitrogens is 2. The maximum atomic E-state index is 11.3. The van der Waals surface area contributed by atoms with Gasteiger partial charge >= 0.3 is 0 Å². The standard InChI is InChI=1S/C11H11N5O2/c12-8-5-14-11(16-10(8)18)15-7-3-1-6(2-4-7)9(13)17/h1-5H,12H2,(H2,13,17)(H2,14,15,16,18). The fraction of sp³-hybridized carbons (Fsp3) is 0. The molecule has 1 aromatic carbocycles. The number of H-pyrrole nitrogens is 1. The summed E-state index contributed by atoms with van der Waals surface area (Å²) >= 11 is 0. The van der Waals surface area contributed by atoms with Gasteiger partial charge in [-0.25, -0.2) is 4.98 Å². The first-order valence-electron chi connectivity index (χ1n) is 5.08. The zero-order valence-electron chi connectivity index (χ0n) is 9.31. The maximum Gasteiger partial charge on any atom is 0.275 e.